The molecule has 0 aromatic heterocycles. The van der Waals surface area contributed by atoms with Crippen LogP contribution in [0.5, 0.6) is 11.5 Å². The Hall–Kier alpha value is -4.49. The fourth-order valence-electron chi connectivity index (χ4n) is 7.38. The first-order valence-corrected chi connectivity index (χ1v) is 24.8. The van der Waals surface area contributed by atoms with E-state index in [0.717, 1.165) is 16.7 Å². The van der Waals surface area contributed by atoms with Gasteiger partial charge in [-0.15, -0.1) is 0 Å². The van der Waals surface area contributed by atoms with E-state index in [4.69, 9.17) is 45.3 Å². The van der Waals surface area contributed by atoms with Gasteiger partial charge >= 0.3 is 407 Å². The van der Waals surface area contributed by atoms with Gasteiger partial charge in [-0.3, -0.25) is 0 Å². The van der Waals surface area contributed by atoms with Crippen LogP contribution in [0.25, 0.3) is 0 Å². The third-order valence-electron chi connectivity index (χ3n) is 10.1. The van der Waals surface area contributed by atoms with E-state index < -0.39 is 96.5 Å². The van der Waals surface area contributed by atoms with Crippen molar-refractivity contribution in [2.45, 2.75) is 116 Å². The number of hydrogen-bond donors (Lipinski definition) is 2. The molecule has 0 aliphatic carbocycles. The normalized spacial score (nSPS) is 19.3. The summed E-state index contributed by atoms with van der Waals surface area (Å²) in [6.45, 7) is 12.8. The topological polar surface area (TPSA) is 212 Å². The summed E-state index contributed by atoms with van der Waals surface area (Å²) in [6, 6.07) is 25.5. The van der Waals surface area contributed by atoms with Gasteiger partial charge in [-0.2, -0.15) is 0 Å². The average molecular weight is 1070 g/mol. The van der Waals surface area contributed by atoms with E-state index in [1.54, 1.807) is 14.2 Å². The number of methoxy groups -OCH3 is 2. The van der Waals surface area contributed by atoms with Gasteiger partial charge in [0.05, 0.1) is 0 Å². The van der Waals surface area contributed by atoms with Crippen molar-refractivity contribution in [2.24, 2.45) is 0 Å². The molecular weight excluding hydrogens is 1000 g/mol. The van der Waals surface area contributed by atoms with Crippen molar-refractivity contribution in [1.82, 2.24) is 13.5 Å². The second kappa shape index (κ2) is 27.5. The fraction of sp³-hybridized carbons (Fsp3) is 0.511. The van der Waals surface area contributed by atoms with Crippen molar-refractivity contribution >= 4 is 32.3 Å². The molecule has 1 amide bonds. The molecular formula is C47H63IN4O14P-. The van der Waals surface area contributed by atoms with E-state index in [1.165, 1.54) is 27.7 Å². The van der Waals surface area contributed by atoms with Gasteiger partial charge in [0, 0.05) is 0 Å². The van der Waals surface area contributed by atoms with Crippen LogP contribution in [0.15, 0.2) is 78.9 Å². The van der Waals surface area contributed by atoms with Crippen LogP contribution in [0.2, 0.25) is 0 Å². The van der Waals surface area contributed by atoms with Crippen molar-refractivity contribution in [3.63, 3.8) is 0 Å². The first kappa shape index (κ1) is 55.1. The van der Waals surface area contributed by atoms with Crippen LogP contribution >= 0.6 is 8.53 Å². The third-order valence-corrected chi connectivity index (χ3v) is 14.1. The molecule has 20 heteroatoms. The molecule has 1 aliphatic heterocycles. The molecule has 1 fully saturated rings. The third kappa shape index (κ3) is 16.0. The number of carbonyl (C=O) groups excluding carboxylic acids is 4. The van der Waals surface area contributed by atoms with Gasteiger partial charge in [0.25, 0.3) is 0 Å². The number of ether oxygens (including phenoxy) is 7. The second-order valence-corrected chi connectivity index (χ2v) is 18.9. The minimum absolute atomic E-state index is 0.0150. The molecule has 67 heavy (non-hydrogen) atoms. The quantitative estimate of drug-likeness (QED) is 0.0225. The Kier molecular flexibility index (Phi) is 22.6. The van der Waals surface area contributed by atoms with Crippen molar-refractivity contribution in [1.29, 1.82) is 5.26 Å². The molecule has 1 saturated heterocycles. The molecule has 0 radical (unpaired) electrons. The molecule has 0 bridgehead atoms. The fourth-order valence-corrected chi connectivity index (χ4v) is 10.6. The molecule has 3 aromatic carbocycles. The Bertz CT molecular complexity index is 2010. The summed E-state index contributed by atoms with van der Waals surface area (Å²) in [6.07, 6.45) is -4.88. The molecule has 7 atom stereocenters. The molecule has 0 saturated carbocycles. The first-order chi connectivity index (χ1) is 32.0. The van der Waals surface area contributed by atoms with E-state index in [1.807, 2.05) is 107 Å². The van der Waals surface area contributed by atoms with Gasteiger partial charge in [0.2, 0.25) is 0 Å². The molecule has 1 aliphatic rings. The first-order valence-electron chi connectivity index (χ1n) is 21.7. The number of nitrogens with zero attached hydrogens (tertiary/aromatic N) is 2. The molecule has 3 aromatic rings. The number of hydrogen-bond acceptors (Lipinski definition) is 17. The zero-order chi connectivity index (χ0) is 49.1. The number of halogens is 1. The summed E-state index contributed by atoms with van der Waals surface area (Å²) in [5.41, 5.74) is 1.23. The van der Waals surface area contributed by atoms with Crippen LogP contribution in [-0.2, 0) is 60.6 Å². The number of rotatable bonds is 26. The Morgan fingerprint density at radius 2 is 1.33 bits per heavy atom. The Morgan fingerprint density at radius 1 is 0.776 bits per heavy atom. The van der Waals surface area contributed by atoms with E-state index in [2.05, 4.69) is 19.6 Å². The zero-order valence-corrected chi connectivity index (χ0v) is 42.6. The minimum atomic E-state index is -1.69. The van der Waals surface area contributed by atoms with Crippen molar-refractivity contribution in [3.05, 3.63) is 95.6 Å². The molecule has 4 rings (SSSR count). The summed E-state index contributed by atoms with van der Waals surface area (Å²) in [5.74, 6) is -1.28. The van der Waals surface area contributed by atoms with Crippen LogP contribution in [-0.4, -0.2) is 118 Å². The Balaban J connectivity index is 1.79. The summed E-state index contributed by atoms with van der Waals surface area (Å²) in [5, 5.41) is 12.1. The van der Waals surface area contributed by atoms with Gasteiger partial charge in [-0.25, -0.2) is 0 Å². The van der Waals surface area contributed by atoms with Crippen molar-refractivity contribution < 1.29 is 86.3 Å². The summed E-state index contributed by atoms with van der Waals surface area (Å²) in [7, 11) is 1.52. The maximum absolute atomic E-state index is 12.7. The Morgan fingerprint density at radius 3 is 1.82 bits per heavy atom. The number of amides is 1. The average Bonchev–Trinajstić information content (AvgIpc) is 3.29. The number of nitriles is 1. The van der Waals surface area contributed by atoms with E-state index in [9.17, 15) is 24.4 Å². The number of carbonyl (C=O) groups is 4. The van der Waals surface area contributed by atoms with Gasteiger partial charge in [-0.1, -0.05) is 0 Å². The molecule has 2 unspecified atom stereocenters. The SMILES string of the molecule is COc1ccc(C(OCC(COP(OCCC#N)N(C(C)C)C(C)C)N[I-]O[C@@H]2O[C@H](COC(C)=O)[C@H](OC(C)=O)[C@H](OC(C)=O)[C@H]2NC(C)=O)(c2ccccc2)c2ccc(OC)cc2)cc1. The zero-order valence-electron chi connectivity index (χ0n) is 39.6. The predicted octanol–water partition coefficient (Wildman–Crippen LogP) is 2.85. The van der Waals surface area contributed by atoms with Gasteiger partial charge in [-0.05, 0) is 0 Å². The van der Waals surface area contributed by atoms with E-state index in [0.29, 0.717) is 11.5 Å². The van der Waals surface area contributed by atoms with Crippen molar-refractivity contribution in [3.8, 4) is 17.6 Å². The van der Waals surface area contributed by atoms with Gasteiger partial charge in [0.15, 0.2) is 0 Å². The molecule has 18 nitrogen and oxygen atoms in total. The molecule has 368 valence electrons. The summed E-state index contributed by atoms with van der Waals surface area (Å²) >= 11 is -1.59. The predicted molar refractivity (Wildman–Crippen MR) is 241 cm³/mol. The number of nitrogens with one attached hydrogen (secondary N) is 2. The van der Waals surface area contributed by atoms with Crippen LogP contribution in [0.3, 0.4) is 0 Å². The molecule has 2 N–H and O–H groups in total. The molecule has 1 heterocycles. The summed E-state index contributed by atoms with van der Waals surface area (Å²) in [4.78, 5) is 49.5. The maximum atomic E-state index is 12.7. The van der Waals surface area contributed by atoms with Crippen LogP contribution < -0.4 is 40.2 Å². The van der Waals surface area contributed by atoms with E-state index >= 15 is 0 Å². The van der Waals surface area contributed by atoms with Crippen LogP contribution in [0.1, 0.15) is 78.5 Å². The van der Waals surface area contributed by atoms with Gasteiger partial charge in [0.1, 0.15) is 0 Å². The summed E-state index contributed by atoms with van der Waals surface area (Å²) < 4.78 is 66.2. The van der Waals surface area contributed by atoms with Crippen LogP contribution in [0.4, 0.5) is 0 Å². The molecule has 0 spiro atoms. The second-order valence-electron chi connectivity index (χ2n) is 15.8. The van der Waals surface area contributed by atoms with Gasteiger partial charge < -0.3 is 0 Å². The van der Waals surface area contributed by atoms with Crippen LogP contribution in [0, 0.1) is 11.3 Å². The van der Waals surface area contributed by atoms with Crippen molar-refractivity contribution in [2.75, 3.05) is 40.6 Å². The Labute approximate surface area is 405 Å². The number of benzene rings is 3. The van der Waals surface area contributed by atoms with E-state index in [-0.39, 0.29) is 44.9 Å². The monoisotopic (exact) mass is 1070 g/mol. The standard InChI is InChI=1S/C47H63IN4O14P/c1-30(2)52(31(3)4)67(61-26-14-25-49)62-28-39(51-48-66-46-43(50-32(5)53)45(64-35(8)56)44(63-34(7)55)42(65-46)29-59-33(6)54)27-60-47(36-15-12-11-13-16-36,37-17-21-40(57-9)22-18-37)38-19-23-41(58-10)24-20-38/h11-13,15-24,30-31,39,42-46,51H,14,26-29H2,1-10H3,(H,50,53)/q-1/t39?,42-,43-,44+,45-,46+,67?/m1/s1. The number of esters is 3.